The molecule has 0 bridgehead atoms. The Labute approximate surface area is 224 Å². The molecule has 3 aromatic rings. The molecule has 3 atom stereocenters. The average molecular weight is 517 g/mol. The maximum Gasteiger partial charge on any atom is 0.341 e. The maximum absolute atomic E-state index is 12.2. The SMILES string of the molecule is COc1cccc(C(c2cccc(C(C)=O)c2)N2C[C@@H](C)N(Cc3cccc(OCC(=O)O)c3)C[C@@H]2C)c1. The minimum absolute atomic E-state index is 0.0308. The van der Waals surface area contributed by atoms with Crippen LogP contribution in [-0.4, -0.2) is 65.5 Å². The molecule has 200 valence electrons. The van der Waals surface area contributed by atoms with E-state index in [1.807, 2.05) is 48.5 Å². The van der Waals surface area contributed by atoms with Crippen LogP contribution >= 0.6 is 0 Å². The van der Waals surface area contributed by atoms with Gasteiger partial charge >= 0.3 is 5.97 Å². The van der Waals surface area contributed by atoms with Crippen LogP contribution in [-0.2, 0) is 11.3 Å². The molecule has 1 fully saturated rings. The molecule has 7 heteroatoms. The Balaban J connectivity index is 1.59. The lowest BCUT2D eigenvalue weighted by molar-refractivity contribution is -0.139. The van der Waals surface area contributed by atoms with Crippen molar-refractivity contribution in [3.05, 3.63) is 95.1 Å². The topological polar surface area (TPSA) is 79.3 Å². The molecule has 0 amide bonds. The van der Waals surface area contributed by atoms with E-state index in [0.29, 0.717) is 11.3 Å². The third-order valence-corrected chi connectivity index (χ3v) is 7.16. The zero-order valence-corrected chi connectivity index (χ0v) is 22.5. The van der Waals surface area contributed by atoms with E-state index < -0.39 is 5.97 Å². The second-order valence-electron chi connectivity index (χ2n) is 10.0. The molecule has 0 saturated carbocycles. The number of ketones is 1. The van der Waals surface area contributed by atoms with E-state index in [2.05, 4.69) is 41.8 Å². The highest BCUT2D eigenvalue weighted by atomic mass is 16.5. The van der Waals surface area contributed by atoms with Gasteiger partial charge in [-0.3, -0.25) is 14.6 Å². The summed E-state index contributed by atoms with van der Waals surface area (Å²) >= 11 is 0. The van der Waals surface area contributed by atoms with Crippen LogP contribution in [0.3, 0.4) is 0 Å². The number of aliphatic carboxylic acids is 1. The Morgan fingerprint density at radius 3 is 2.32 bits per heavy atom. The van der Waals surface area contributed by atoms with Crippen LogP contribution < -0.4 is 9.47 Å². The standard InChI is InChI=1S/C31H36N2O5/c1-21-18-33(22(2)17-32(21)19-24-8-5-13-29(14-24)38-20-30(35)36)31(27-11-7-12-28(16-27)37-4)26-10-6-9-25(15-26)23(3)34/h5-16,21-22,31H,17-20H2,1-4H3,(H,35,36)/t21-,22+,31?/m1/s1. The molecule has 1 aliphatic heterocycles. The number of hydrogen-bond donors (Lipinski definition) is 1. The molecule has 3 aromatic carbocycles. The quantitative estimate of drug-likeness (QED) is 0.378. The van der Waals surface area contributed by atoms with Gasteiger partial charge in [-0.1, -0.05) is 42.5 Å². The number of methoxy groups -OCH3 is 1. The zero-order valence-electron chi connectivity index (χ0n) is 22.5. The summed E-state index contributed by atoms with van der Waals surface area (Å²) in [5.74, 6) is 0.428. The van der Waals surface area contributed by atoms with Gasteiger partial charge in [-0.05, 0) is 67.8 Å². The molecule has 4 rings (SSSR count). The van der Waals surface area contributed by atoms with Gasteiger partial charge in [0.1, 0.15) is 11.5 Å². The van der Waals surface area contributed by atoms with E-state index in [-0.39, 0.29) is 30.5 Å². The highest BCUT2D eigenvalue weighted by Crippen LogP contribution is 2.35. The Hall–Kier alpha value is -3.68. The van der Waals surface area contributed by atoms with Crippen molar-refractivity contribution in [1.29, 1.82) is 0 Å². The fourth-order valence-electron chi connectivity index (χ4n) is 5.23. The largest absolute Gasteiger partial charge is 0.497 e. The third-order valence-electron chi connectivity index (χ3n) is 7.16. The second-order valence-corrected chi connectivity index (χ2v) is 10.0. The normalized spacial score (nSPS) is 19.1. The highest BCUT2D eigenvalue weighted by molar-refractivity contribution is 5.94. The summed E-state index contributed by atoms with van der Waals surface area (Å²) in [5, 5.41) is 8.91. The van der Waals surface area contributed by atoms with Crippen LogP contribution in [0.25, 0.3) is 0 Å². The molecular weight excluding hydrogens is 480 g/mol. The van der Waals surface area contributed by atoms with Crippen LogP contribution in [0.5, 0.6) is 11.5 Å². The minimum atomic E-state index is -0.992. The summed E-state index contributed by atoms with van der Waals surface area (Å²) < 4.78 is 10.9. The van der Waals surface area contributed by atoms with Crippen molar-refractivity contribution in [3.63, 3.8) is 0 Å². The number of piperazine rings is 1. The Morgan fingerprint density at radius 2 is 1.61 bits per heavy atom. The molecule has 1 saturated heterocycles. The fraction of sp³-hybridized carbons (Fsp3) is 0.355. The first kappa shape index (κ1) is 27.4. The van der Waals surface area contributed by atoms with E-state index >= 15 is 0 Å². The summed E-state index contributed by atoms with van der Waals surface area (Å²) in [4.78, 5) is 28.0. The lowest BCUT2D eigenvalue weighted by Crippen LogP contribution is -2.56. The average Bonchev–Trinajstić information content (AvgIpc) is 2.91. The van der Waals surface area contributed by atoms with Crippen LogP contribution in [0.1, 0.15) is 53.9 Å². The Bertz CT molecular complexity index is 1280. The van der Waals surface area contributed by atoms with Crippen LogP contribution in [0, 0.1) is 0 Å². The summed E-state index contributed by atoms with van der Waals surface area (Å²) in [7, 11) is 1.68. The number of nitrogens with zero attached hydrogens (tertiary/aromatic N) is 2. The van der Waals surface area contributed by atoms with Gasteiger partial charge in [0.2, 0.25) is 0 Å². The van der Waals surface area contributed by atoms with Gasteiger partial charge in [-0.15, -0.1) is 0 Å². The molecule has 1 unspecified atom stereocenters. The van der Waals surface area contributed by atoms with Crippen LogP contribution in [0.4, 0.5) is 0 Å². The summed E-state index contributed by atoms with van der Waals surface area (Å²) in [6.45, 7) is 8.16. The minimum Gasteiger partial charge on any atom is -0.497 e. The van der Waals surface area contributed by atoms with Crippen molar-refractivity contribution in [2.45, 2.75) is 45.4 Å². The van der Waals surface area contributed by atoms with Crippen molar-refractivity contribution in [3.8, 4) is 11.5 Å². The van der Waals surface area contributed by atoms with E-state index in [4.69, 9.17) is 14.6 Å². The molecule has 1 N–H and O–H groups in total. The molecule has 0 radical (unpaired) electrons. The van der Waals surface area contributed by atoms with Crippen molar-refractivity contribution in [1.82, 2.24) is 9.80 Å². The molecule has 7 nitrogen and oxygen atoms in total. The molecule has 1 heterocycles. The van der Waals surface area contributed by atoms with Crippen LogP contribution in [0.2, 0.25) is 0 Å². The first-order chi connectivity index (χ1) is 18.2. The van der Waals surface area contributed by atoms with Crippen LogP contribution in [0.15, 0.2) is 72.8 Å². The number of carbonyl (C=O) groups is 2. The predicted molar refractivity (Wildman–Crippen MR) is 147 cm³/mol. The highest BCUT2D eigenvalue weighted by Gasteiger charge is 2.35. The number of Topliss-reactive ketones (excluding diaryl/α,β-unsaturated/α-hetero) is 1. The van der Waals surface area contributed by atoms with Gasteiger partial charge in [0.15, 0.2) is 12.4 Å². The van der Waals surface area contributed by atoms with Gasteiger partial charge in [0, 0.05) is 37.3 Å². The van der Waals surface area contributed by atoms with E-state index in [9.17, 15) is 9.59 Å². The molecular formula is C31H36N2O5. The Kier molecular flexibility index (Phi) is 8.81. The van der Waals surface area contributed by atoms with Crippen molar-refractivity contribution in [2.24, 2.45) is 0 Å². The predicted octanol–water partition coefficient (Wildman–Crippen LogP) is 5.05. The Morgan fingerprint density at radius 1 is 0.921 bits per heavy atom. The third kappa shape index (κ3) is 6.60. The molecule has 0 spiro atoms. The second kappa shape index (κ2) is 12.2. The monoisotopic (exact) mass is 516 g/mol. The van der Waals surface area contributed by atoms with Crippen molar-refractivity contribution in [2.75, 3.05) is 26.8 Å². The van der Waals surface area contributed by atoms with E-state index in [0.717, 1.165) is 42.1 Å². The van der Waals surface area contributed by atoms with Gasteiger partial charge < -0.3 is 14.6 Å². The van der Waals surface area contributed by atoms with E-state index in [1.165, 1.54) is 0 Å². The molecule has 38 heavy (non-hydrogen) atoms. The van der Waals surface area contributed by atoms with Gasteiger partial charge in [-0.25, -0.2) is 4.79 Å². The van der Waals surface area contributed by atoms with E-state index in [1.54, 1.807) is 20.1 Å². The summed E-state index contributed by atoms with van der Waals surface area (Å²) in [6, 6.07) is 24.2. The maximum atomic E-state index is 12.2. The number of hydrogen-bond acceptors (Lipinski definition) is 6. The number of carbonyl (C=O) groups excluding carboxylic acids is 1. The smallest absolute Gasteiger partial charge is 0.341 e. The summed E-state index contributed by atoms with van der Waals surface area (Å²) in [5.41, 5.74) is 4.00. The van der Waals surface area contributed by atoms with Gasteiger partial charge in [0.05, 0.1) is 13.2 Å². The lowest BCUT2D eigenvalue weighted by atomic mass is 9.92. The molecule has 1 aliphatic rings. The van der Waals surface area contributed by atoms with Crippen molar-refractivity contribution >= 4 is 11.8 Å². The number of ether oxygens (including phenoxy) is 2. The van der Waals surface area contributed by atoms with Gasteiger partial charge in [0.25, 0.3) is 0 Å². The molecule has 0 aromatic heterocycles. The first-order valence-corrected chi connectivity index (χ1v) is 12.9. The number of rotatable bonds is 10. The number of benzene rings is 3. The number of carboxylic acid groups (broad SMARTS) is 1. The summed E-state index contributed by atoms with van der Waals surface area (Å²) in [6.07, 6.45) is 0. The molecule has 0 aliphatic carbocycles. The zero-order chi connectivity index (χ0) is 27.2. The van der Waals surface area contributed by atoms with Gasteiger partial charge in [-0.2, -0.15) is 0 Å². The lowest BCUT2D eigenvalue weighted by Gasteiger charge is -2.47. The number of carboxylic acids is 1. The van der Waals surface area contributed by atoms with Crippen molar-refractivity contribution < 1.29 is 24.2 Å². The first-order valence-electron chi connectivity index (χ1n) is 12.9. The fourth-order valence-corrected chi connectivity index (χ4v) is 5.23.